The molecule has 0 heterocycles. The second kappa shape index (κ2) is 6.22. The molecule has 19 heavy (non-hydrogen) atoms. The number of rotatable bonds is 7. The molecular formula is C13H18ClNO3S. The lowest BCUT2D eigenvalue weighted by molar-refractivity contribution is 0.177. The molecule has 0 aromatic heterocycles. The van der Waals surface area contributed by atoms with Crippen LogP contribution in [0.5, 0.6) is 0 Å². The van der Waals surface area contributed by atoms with Crippen LogP contribution in [-0.2, 0) is 20.6 Å². The van der Waals surface area contributed by atoms with E-state index in [2.05, 4.69) is 0 Å². The van der Waals surface area contributed by atoms with Gasteiger partial charge in [-0.05, 0) is 24.5 Å². The Hall–Kier alpha value is -0.620. The number of hydrogen-bond acceptors (Lipinski definition) is 3. The van der Waals surface area contributed by atoms with Crippen molar-refractivity contribution in [1.82, 2.24) is 4.31 Å². The Bertz CT molecular complexity index is 528. The molecule has 1 aromatic carbocycles. The van der Waals surface area contributed by atoms with Gasteiger partial charge in [0.05, 0.1) is 11.5 Å². The molecule has 6 heteroatoms. The zero-order valence-corrected chi connectivity index (χ0v) is 12.5. The average molecular weight is 304 g/mol. The molecule has 106 valence electrons. The maximum atomic E-state index is 12.7. The van der Waals surface area contributed by atoms with Gasteiger partial charge in [0.2, 0.25) is 10.0 Å². The van der Waals surface area contributed by atoms with Gasteiger partial charge in [-0.25, -0.2) is 8.42 Å². The topological polar surface area (TPSA) is 46.6 Å². The van der Waals surface area contributed by atoms with Crippen LogP contribution >= 0.6 is 11.6 Å². The summed E-state index contributed by atoms with van der Waals surface area (Å²) in [5.41, 5.74) is 0.646. The Morgan fingerprint density at radius 1 is 1.37 bits per heavy atom. The van der Waals surface area contributed by atoms with Gasteiger partial charge in [-0.1, -0.05) is 18.2 Å². The zero-order chi connectivity index (χ0) is 13.9. The highest BCUT2D eigenvalue weighted by molar-refractivity contribution is 7.89. The number of methoxy groups -OCH3 is 1. The number of nitrogens with zero attached hydrogens (tertiary/aromatic N) is 1. The van der Waals surface area contributed by atoms with Crippen molar-refractivity contribution in [2.24, 2.45) is 0 Å². The first-order valence-electron chi connectivity index (χ1n) is 6.26. The first-order valence-corrected chi connectivity index (χ1v) is 8.23. The van der Waals surface area contributed by atoms with Crippen molar-refractivity contribution >= 4 is 21.6 Å². The maximum absolute atomic E-state index is 12.7. The van der Waals surface area contributed by atoms with Gasteiger partial charge in [-0.15, -0.1) is 11.6 Å². The summed E-state index contributed by atoms with van der Waals surface area (Å²) in [6.07, 6.45) is 1.85. The summed E-state index contributed by atoms with van der Waals surface area (Å²) < 4.78 is 32.0. The summed E-state index contributed by atoms with van der Waals surface area (Å²) in [5, 5.41) is 0. The molecule has 0 N–H and O–H groups in total. The minimum Gasteiger partial charge on any atom is -0.383 e. The van der Waals surface area contributed by atoms with Crippen LogP contribution in [0.2, 0.25) is 0 Å². The largest absolute Gasteiger partial charge is 0.383 e. The third kappa shape index (κ3) is 3.28. The van der Waals surface area contributed by atoms with Gasteiger partial charge in [0.25, 0.3) is 0 Å². The predicted octanol–water partition coefficient (Wildman–Crippen LogP) is 2.22. The quantitative estimate of drug-likeness (QED) is 0.726. The van der Waals surface area contributed by atoms with Gasteiger partial charge >= 0.3 is 0 Å². The summed E-state index contributed by atoms with van der Waals surface area (Å²) in [6.45, 7) is 0.791. The van der Waals surface area contributed by atoms with Crippen molar-refractivity contribution in [2.75, 3.05) is 20.3 Å². The Morgan fingerprint density at radius 2 is 2.05 bits per heavy atom. The Labute approximate surface area is 119 Å². The van der Waals surface area contributed by atoms with Crippen LogP contribution in [0.1, 0.15) is 18.4 Å². The third-order valence-electron chi connectivity index (χ3n) is 3.17. The molecule has 0 radical (unpaired) electrons. The molecule has 0 amide bonds. The summed E-state index contributed by atoms with van der Waals surface area (Å²) in [6, 6.07) is 7.01. The van der Waals surface area contributed by atoms with Crippen LogP contribution in [0.3, 0.4) is 0 Å². The molecule has 4 nitrogen and oxygen atoms in total. The molecule has 0 saturated heterocycles. The van der Waals surface area contributed by atoms with Gasteiger partial charge in [0.15, 0.2) is 0 Å². The van der Waals surface area contributed by atoms with Gasteiger partial charge in [0.1, 0.15) is 0 Å². The summed E-state index contributed by atoms with van der Waals surface area (Å²) >= 11 is 5.83. The fourth-order valence-electron chi connectivity index (χ4n) is 2.03. The van der Waals surface area contributed by atoms with Crippen LogP contribution in [0.25, 0.3) is 0 Å². The van der Waals surface area contributed by atoms with Crippen molar-refractivity contribution in [3.05, 3.63) is 29.8 Å². The standard InChI is InChI=1S/C13H18ClNO3S/c1-18-9-8-15(12-6-7-12)19(16,17)13-5-3-2-4-11(13)10-14/h2-5,12H,6-10H2,1H3. The smallest absolute Gasteiger partial charge is 0.243 e. The number of alkyl halides is 1. The molecule has 0 bridgehead atoms. The highest BCUT2D eigenvalue weighted by Gasteiger charge is 2.38. The average Bonchev–Trinajstić information content (AvgIpc) is 3.23. The molecule has 1 aromatic rings. The normalized spacial score (nSPS) is 15.9. The van der Waals surface area contributed by atoms with Crippen LogP contribution in [-0.4, -0.2) is 39.0 Å². The van der Waals surface area contributed by atoms with E-state index in [9.17, 15) is 8.42 Å². The highest BCUT2D eigenvalue weighted by Crippen LogP contribution is 2.33. The van der Waals surface area contributed by atoms with Crippen molar-refractivity contribution in [1.29, 1.82) is 0 Å². The number of ether oxygens (including phenoxy) is 1. The van der Waals surface area contributed by atoms with E-state index in [1.54, 1.807) is 35.7 Å². The van der Waals surface area contributed by atoms with E-state index >= 15 is 0 Å². The Morgan fingerprint density at radius 3 is 2.63 bits per heavy atom. The summed E-state index contributed by atoms with van der Waals surface area (Å²) in [7, 11) is -1.91. The lowest BCUT2D eigenvalue weighted by Crippen LogP contribution is -2.36. The number of benzene rings is 1. The molecular weight excluding hydrogens is 286 g/mol. The fourth-order valence-corrected chi connectivity index (χ4v) is 4.24. The second-order valence-corrected chi connectivity index (χ2v) is 6.71. The molecule has 1 fully saturated rings. The van der Waals surface area contributed by atoms with E-state index in [-0.39, 0.29) is 11.9 Å². The summed E-state index contributed by atoms with van der Waals surface area (Å²) in [5.74, 6) is 0.193. The van der Waals surface area contributed by atoms with Crippen LogP contribution in [0.4, 0.5) is 0 Å². The molecule has 1 saturated carbocycles. The SMILES string of the molecule is COCCN(C1CC1)S(=O)(=O)c1ccccc1CCl. The Kier molecular flexibility index (Phi) is 4.84. The number of sulfonamides is 1. The molecule has 2 rings (SSSR count). The molecule has 0 unspecified atom stereocenters. The third-order valence-corrected chi connectivity index (χ3v) is 5.51. The molecule has 0 aliphatic heterocycles. The van der Waals surface area contributed by atoms with Crippen molar-refractivity contribution < 1.29 is 13.2 Å². The van der Waals surface area contributed by atoms with Crippen LogP contribution < -0.4 is 0 Å². The number of hydrogen-bond donors (Lipinski definition) is 0. The van der Waals surface area contributed by atoms with Gasteiger partial charge in [-0.3, -0.25) is 0 Å². The lowest BCUT2D eigenvalue weighted by atomic mass is 10.2. The maximum Gasteiger partial charge on any atom is 0.243 e. The number of halogens is 1. The molecule has 1 aliphatic rings. The fraction of sp³-hybridized carbons (Fsp3) is 0.538. The molecule has 1 aliphatic carbocycles. The van der Waals surface area contributed by atoms with E-state index < -0.39 is 10.0 Å². The van der Waals surface area contributed by atoms with Gasteiger partial charge in [0, 0.05) is 25.6 Å². The van der Waals surface area contributed by atoms with Crippen molar-refractivity contribution in [3.8, 4) is 0 Å². The van der Waals surface area contributed by atoms with Gasteiger partial charge < -0.3 is 4.74 Å². The first-order chi connectivity index (χ1) is 9.11. The van der Waals surface area contributed by atoms with Crippen molar-refractivity contribution in [3.63, 3.8) is 0 Å². The highest BCUT2D eigenvalue weighted by atomic mass is 35.5. The van der Waals surface area contributed by atoms with E-state index in [1.807, 2.05) is 0 Å². The minimum atomic E-state index is -3.48. The Balaban J connectivity index is 2.33. The van der Waals surface area contributed by atoms with E-state index in [0.717, 1.165) is 12.8 Å². The zero-order valence-electron chi connectivity index (χ0n) is 10.9. The van der Waals surface area contributed by atoms with E-state index in [1.165, 1.54) is 0 Å². The van der Waals surface area contributed by atoms with E-state index in [0.29, 0.717) is 23.6 Å². The molecule has 0 atom stereocenters. The van der Waals surface area contributed by atoms with Crippen LogP contribution in [0.15, 0.2) is 29.2 Å². The van der Waals surface area contributed by atoms with Gasteiger partial charge in [-0.2, -0.15) is 4.31 Å². The first kappa shape index (κ1) is 14.8. The van der Waals surface area contributed by atoms with E-state index in [4.69, 9.17) is 16.3 Å². The molecule has 0 spiro atoms. The predicted molar refractivity (Wildman–Crippen MR) is 74.8 cm³/mol. The lowest BCUT2D eigenvalue weighted by Gasteiger charge is -2.22. The monoisotopic (exact) mass is 303 g/mol. The van der Waals surface area contributed by atoms with Crippen molar-refractivity contribution in [2.45, 2.75) is 29.7 Å². The van der Waals surface area contributed by atoms with Crippen LogP contribution in [0, 0.1) is 0 Å². The second-order valence-electron chi connectivity index (χ2n) is 4.58. The minimum absolute atomic E-state index is 0.114. The summed E-state index contributed by atoms with van der Waals surface area (Å²) in [4.78, 5) is 0.313.